The van der Waals surface area contributed by atoms with Crippen molar-refractivity contribution in [1.29, 1.82) is 0 Å². The van der Waals surface area contributed by atoms with Crippen LogP contribution < -0.4 is 0 Å². The maximum atomic E-state index is 2.00. The third-order valence-electron chi connectivity index (χ3n) is 0. The topological polar surface area (TPSA) is 33.5 Å². The summed E-state index contributed by atoms with van der Waals surface area (Å²) < 4.78 is 0. The molecule has 47 valence electrons. The van der Waals surface area contributed by atoms with Gasteiger partial charge in [-0.05, 0) is 0 Å². The van der Waals surface area contributed by atoms with E-state index in [0.717, 1.165) is 0 Å². The Hall–Kier alpha value is 1.71. The molecule has 0 amide bonds. The maximum Gasteiger partial charge on any atom is 3.00 e. The second-order valence-electron chi connectivity index (χ2n) is 0. The summed E-state index contributed by atoms with van der Waals surface area (Å²) in [6.45, 7) is 4.00. The van der Waals surface area contributed by atoms with Gasteiger partial charge in [0.1, 0.15) is 0 Å². The van der Waals surface area contributed by atoms with Gasteiger partial charge >= 0.3 is 20.1 Å². The van der Waals surface area contributed by atoms with Crippen molar-refractivity contribution in [1.82, 2.24) is 0 Å². The van der Waals surface area contributed by atoms with Gasteiger partial charge in [0, 0.05) is 32.7 Å². The first-order valence-electron chi connectivity index (χ1n) is 1.00. The molecule has 0 aromatic heterocycles. The maximum absolute atomic E-state index is 2.00. The summed E-state index contributed by atoms with van der Waals surface area (Å²) in [5.41, 5.74) is 0. The molecule has 0 rings (SSSR count). The van der Waals surface area contributed by atoms with Crippen LogP contribution in [0.2, 0.25) is 0 Å². The average Bonchev–Trinajstić information content (AvgIpc) is 1.00. The number of hydrogen-bond acceptors (Lipinski definition) is 0. The van der Waals surface area contributed by atoms with Gasteiger partial charge in [0.05, 0.1) is 0 Å². The smallest absolute Gasteiger partial charge is 0.693 e. The minimum atomic E-state index is 0. The Morgan fingerprint density at radius 2 is 0.857 bits per heavy atom. The molecule has 7 heavy (non-hydrogen) atoms. The van der Waals surface area contributed by atoms with Gasteiger partial charge in [-0.1, -0.05) is 13.8 Å². The van der Waals surface area contributed by atoms with Crippen LogP contribution in [0.3, 0.4) is 0 Å². The predicted molar refractivity (Wildman–Crippen MR) is 29.5 cm³/mol. The van der Waals surface area contributed by atoms with Crippen molar-refractivity contribution in [2.45, 2.75) is 13.8 Å². The molecule has 3 heteroatoms. The van der Waals surface area contributed by atoms with E-state index >= 15 is 0 Å². The molecule has 0 saturated carbocycles. The molecule has 2 N–H and O–H groups in total. The predicted octanol–water partition coefficient (Wildman–Crippen LogP) is 2.64. The molecule has 0 bridgehead atoms. The zero-order chi connectivity index (χ0) is 2.00. The standard InChI is InChI=1S/C2H6.2CH3.Ir.H2N.Y/c1-2;;;;;/h1-2H3;2*1H3;;1H2;/q;2*-1;+3;-1;. The van der Waals surface area contributed by atoms with Gasteiger partial charge in [0.15, 0.2) is 0 Å². The van der Waals surface area contributed by atoms with Gasteiger partial charge in [-0.25, -0.2) is 0 Å². The molecule has 0 aliphatic carbocycles. The van der Waals surface area contributed by atoms with Crippen LogP contribution in [-0.2, 0) is 52.8 Å². The third kappa shape index (κ3) is 85.8. The number of rotatable bonds is 0. The van der Waals surface area contributed by atoms with E-state index in [9.17, 15) is 0 Å². The van der Waals surface area contributed by atoms with Crippen molar-refractivity contribution in [3.05, 3.63) is 21.0 Å². The fraction of sp³-hybridized carbons (Fsp3) is 0.500. The Bertz CT molecular complexity index is 11.7. The summed E-state index contributed by atoms with van der Waals surface area (Å²) in [7, 11) is 0. The second kappa shape index (κ2) is 118. The number of nitrogens with two attached hydrogens (primary N) is 1. The third-order valence-corrected chi connectivity index (χ3v) is 0. The van der Waals surface area contributed by atoms with Crippen molar-refractivity contribution < 1.29 is 52.8 Å². The quantitative estimate of drug-likeness (QED) is 0.598. The molecule has 0 aliphatic rings. The Labute approximate surface area is 86.8 Å². The summed E-state index contributed by atoms with van der Waals surface area (Å²) in [6, 6.07) is 0. The van der Waals surface area contributed by atoms with Gasteiger partial charge in [-0.15, -0.1) is 0 Å². The molecule has 0 spiro atoms. The van der Waals surface area contributed by atoms with E-state index in [4.69, 9.17) is 0 Å². The van der Waals surface area contributed by atoms with Crippen molar-refractivity contribution in [2.75, 3.05) is 0 Å². The molecule has 1 nitrogen and oxygen atoms in total. The van der Waals surface area contributed by atoms with Crippen LogP contribution in [0.1, 0.15) is 13.8 Å². The van der Waals surface area contributed by atoms with Crippen molar-refractivity contribution in [3.63, 3.8) is 0 Å². The van der Waals surface area contributed by atoms with E-state index in [-0.39, 0.29) is 73.8 Å². The summed E-state index contributed by atoms with van der Waals surface area (Å²) in [5.74, 6) is 0. The molecule has 0 aromatic rings. The first-order valence-corrected chi connectivity index (χ1v) is 1.00. The van der Waals surface area contributed by atoms with Gasteiger partial charge in [0.25, 0.3) is 0 Å². The molecule has 0 aliphatic heterocycles. The zero-order valence-electron chi connectivity index (χ0n) is 5.49. The Kier molecular flexibility index (Phi) is 1190. The van der Waals surface area contributed by atoms with E-state index < -0.39 is 0 Å². The molecular weight excluding hydrogens is 343 g/mol. The first kappa shape index (κ1) is 70.4. The van der Waals surface area contributed by atoms with Crippen molar-refractivity contribution in [3.8, 4) is 0 Å². The molecule has 1 radical (unpaired) electrons. The van der Waals surface area contributed by atoms with E-state index in [1.165, 1.54) is 0 Å². The normalized spacial score (nSPS) is 0.857. The van der Waals surface area contributed by atoms with Crippen molar-refractivity contribution >= 4 is 0 Å². The average molecular weight is 357 g/mol. The van der Waals surface area contributed by atoms with Crippen LogP contribution in [0.4, 0.5) is 0 Å². The van der Waals surface area contributed by atoms with Crippen LogP contribution in [0.5, 0.6) is 0 Å². The monoisotopic (exact) mass is 358 g/mol. The molecular formula is C4H14IrNY. The summed E-state index contributed by atoms with van der Waals surface area (Å²) in [6.07, 6.45) is 0. The summed E-state index contributed by atoms with van der Waals surface area (Å²) >= 11 is 0. The van der Waals surface area contributed by atoms with Crippen LogP contribution in [-0.4, -0.2) is 0 Å². The van der Waals surface area contributed by atoms with E-state index in [2.05, 4.69) is 0 Å². The summed E-state index contributed by atoms with van der Waals surface area (Å²) in [4.78, 5) is 0. The largest absolute Gasteiger partial charge is 3.00 e. The second-order valence-corrected chi connectivity index (χ2v) is 0. The van der Waals surface area contributed by atoms with E-state index in [1.807, 2.05) is 13.8 Å². The van der Waals surface area contributed by atoms with Crippen LogP contribution in [0.15, 0.2) is 0 Å². The fourth-order valence-electron chi connectivity index (χ4n) is 0. The zero-order valence-corrected chi connectivity index (χ0v) is 10.7. The Balaban J connectivity index is -0.000000000500. The van der Waals surface area contributed by atoms with Crippen LogP contribution in [0, 0.1) is 14.9 Å². The summed E-state index contributed by atoms with van der Waals surface area (Å²) in [5, 5.41) is 0. The Morgan fingerprint density at radius 3 is 0.857 bits per heavy atom. The molecule has 0 fully saturated rings. The molecule has 0 saturated heterocycles. The van der Waals surface area contributed by atoms with E-state index in [1.54, 1.807) is 0 Å². The Morgan fingerprint density at radius 1 is 0.857 bits per heavy atom. The first-order chi connectivity index (χ1) is 1.00. The molecule has 0 heterocycles. The van der Waals surface area contributed by atoms with Crippen LogP contribution >= 0.6 is 0 Å². The SMILES string of the molecule is CC.[CH3-].[CH3-].[Ir+3].[NH2-].[Y]. The van der Waals surface area contributed by atoms with Gasteiger partial charge in [0.2, 0.25) is 0 Å². The van der Waals surface area contributed by atoms with Crippen molar-refractivity contribution in [2.24, 2.45) is 0 Å². The van der Waals surface area contributed by atoms with Gasteiger partial charge in [-0.2, -0.15) is 0 Å². The van der Waals surface area contributed by atoms with Crippen LogP contribution in [0.25, 0.3) is 6.15 Å². The minimum absolute atomic E-state index is 0. The molecule has 0 unspecified atom stereocenters. The minimum Gasteiger partial charge on any atom is -0.693 e. The van der Waals surface area contributed by atoms with Gasteiger partial charge in [-0.3, -0.25) is 0 Å². The van der Waals surface area contributed by atoms with E-state index in [0.29, 0.717) is 0 Å². The molecule has 0 aromatic carbocycles. The van der Waals surface area contributed by atoms with Gasteiger partial charge < -0.3 is 21.0 Å². The molecule has 0 atom stereocenters. The fourth-order valence-corrected chi connectivity index (χ4v) is 0. The number of hydrogen-bond donors (Lipinski definition) is 0.